The van der Waals surface area contributed by atoms with Gasteiger partial charge in [-0.15, -0.1) is 0 Å². The zero-order valence-electron chi connectivity index (χ0n) is 17.9. The van der Waals surface area contributed by atoms with Crippen molar-refractivity contribution in [1.82, 2.24) is 4.57 Å². The number of allylic oxidation sites excluding steroid dienone is 1. The fraction of sp³-hybridized carbons (Fsp3) is 0.231. The SMILES string of the molecule is C[C@H](Oc1cccc(C=CCn2cccc2C(=O)c2ccc3c(c2)CCCO3)c1)C(=O)O. The Morgan fingerprint density at radius 2 is 2.06 bits per heavy atom. The molecular weight excluding hydrogens is 406 g/mol. The number of carbonyl (C=O) groups excluding carboxylic acids is 1. The van der Waals surface area contributed by atoms with Crippen molar-refractivity contribution in [2.75, 3.05) is 6.61 Å². The molecule has 3 aromatic rings. The summed E-state index contributed by atoms with van der Waals surface area (Å²) in [5, 5.41) is 9.00. The summed E-state index contributed by atoms with van der Waals surface area (Å²) in [5.74, 6) is 0.336. The first-order valence-corrected chi connectivity index (χ1v) is 10.6. The largest absolute Gasteiger partial charge is 0.493 e. The number of aromatic nitrogens is 1. The second kappa shape index (κ2) is 9.56. The topological polar surface area (TPSA) is 77.8 Å². The molecule has 1 aliphatic heterocycles. The zero-order chi connectivity index (χ0) is 22.5. The van der Waals surface area contributed by atoms with Crippen LogP contribution in [0.4, 0.5) is 0 Å². The molecule has 6 nitrogen and oxygen atoms in total. The van der Waals surface area contributed by atoms with Gasteiger partial charge in [-0.05, 0) is 73.4 Å². The van der Waals surface area contributed by atoms with Gasteiger partial charge in [-0.25, -0.2) is 4.79 Å². The molecule has 0 radical (unpaired) electrons. The van der Waals surface area contributed by atoms with Crippen LogP contribution in [0.2, 0.25) is 0 Å². The number of benzene rings is 2. The molecule has 0 fully saturated rings. The van der Waals surface area contributed by atoms with Crippen molar-refractivity contribution in [3.63, 3.8) is 0 Å². The van der Waals surface area contributed by atoms with Crippen molar-refractivity contribution in [3.8, 4) is 11.5 Å². The van der Waals surface area contributed by atoms with Crippen LogP contribution in [-0.4, -0.2) is 34.1 Å². The summed E-state index contributed by atoms with van der Waals surface area (Å²) in [6, 6.07) is 16.6. The molecule has 0 bridgehead atoms. The number of ketones is 1. The van der Waals surface area contributed by atoms with Crippen molar-refractivity contribution >= 4 is 17.8 Å². The van der Waals surface area contributed by atoms with Gasteiger partial charge in [0.15, 0.2) is 6.10 Å². The minimum atomic E-state index is -1.01. The molecule has 0 spiro atoms. The molecule has 0 amide bonds. The van der Waals surface area contributed by atoms with Crippen LogP contribution in [0, 0.1) is 0 Å². The van der Waals surface area contributed by atoms with Crippen molar-refractivity contribution in [2.45, 2.75) is 32.4 Å². The highest BCUT2D eigenvalue weighted by molar-refractivity contribution is 6.08. The van der Waals surface area contributed by atoms with E-state index in [-0.39, 0.29) is 5.78 Å². The molecule has 1 N–H and O–H groups in total. The maximum Gasteiger partial charge on any atom is 0.344 e. The number of hydrogen-bond donors (Lipinski definition) is 1. The molecule has 1 atom stereocenters. The van der Waals surface area contributed by atoms with Gasteiger partial charge in [0.25, 0.3) is 0 Å². The molecule has 0 saturated carbocycles. The van der Waals surface area contributed by atoms with Gasteiger partial charge in [-0.1, -0.05) is 24.3 Å². The first-order chi connectivity index (χ1) is 15.5. The van der Waals surface area contributed by atoms with Gasteiger partial charge in [-0.2, -0.15) is 0 Å². The molecule has 1 aliphatic rings. The summed E-state index contributed by atoms with van der Waals surface area (Å²) in [6.07, 6.45) is 6.73. The molecule has 0 unspecified atom stereocenters. The number of carbonyl (C=O) groups is 2. The Hall–Kier alpha value is -3.80. The summed E-state index contributed by atoms with van der Waals surface area (Å²) in [6.45, 7) is 2.74. The molecule has 2 aromatic carbocycles. The van der Waals surface area contributed by atoms with E-state index in [4.69, 9.17) is 14.6 Å². The molecule has 164 valence electrons. The Morgan fingerprint density at radius 1 is 1.19 bits per heavy atom. The van der Waals surface area contributed by atoms with Gasteiger partial charge in [0.1, 0.15) is 11.5 Å². The minimum absolute atomic E-state index is 0.0187. The minimum Gasteiger partial charge on any atom is -0.493 e. The predicted molar refractivity (Wildman–Crippen MR) is 121 cm³/mol. The molecule has 6 heteroatoms. The number of carboxylic acids is 1. The Morgan fingerprint density at radius 3 is 2.91 bits per heavy atom. The van der Waals surface area contributed by atoms with E-state index in [1.807, 2.05) is 65.4 Å². The second-order valence-electron chi connectivity index (χ2n) is 7.72. The second-order valence-corrected chi connectivity index (χ2v) is 7.72. The monoisotopic (exact) mass is 431 g/mol. The number of rotatable bonds is 8. The summed E-state index contributed by atoms with van der Waals surface area (Å²) in [4.78, 5) is 24.1. The standard InChI is InChI=1S/C26H25NO5/c1-18(26(29)30)32-22-9-2-6-19(16-22)7-3-13-27-14-4-10-23(27)25(28)21-11-12-24-20(17-21)8-5-15-31-24/h2-4,6-7,9-12,14,16-18H,5,8,13,15H2,1H3,(H,29,30)/t18-/m0/s1. The molecular formula is C26H25NO5. The van der Waals surface area contributed by atoms with Gasteiger partial charge in [0, 0.05) is 18.3 Å². The Balaban J connectivity index is 1.45. The Bertz CT molecular complexity index is 1160. The lowest BCUT2D eigenvalue weighted by Gasteiger charge is -2.17. The van der Waals surface area contributed by atoms with Gasteiger partial charge >= 0.3 is 5.97 Å². The quantitative estimate of drug-likeness (QED) is 0.527. The van der Waals surface area contributed by atoms with Crippen molar-refractivity contribution < 1.29 is 24.2 Å². The third-order valence-corrected chi connectivity index (χ3v) is 5.36. The molecule has 32 heavy (non-hydrogen) atoms. The third kappa shape index (κ3) is 4.91. The van der Waals surface area contributed by atoms with Gasteiger partial charge in [0.05, 0.1) is 12.3 Å². The smallest absolute Gasteiger partial charge is 0.344 e. The summed E-state index contributed by atoms with van der Waals surface area (Å²) in [7, 11) is 0. The van der Waals surface area contributed by atoms with Crippen LogP contribution in [0.25, 0.3) is 6.08 Å². The van der Waals surface area contributed by atoms with E-state index in [1.165, 1.54) is 6.92 Å². The lowest BCUT2D eigenvalue weighted by Crippen LogP contribution is -2.22. The molecule has 2 heterocycles. The van der Waals surface area contributed by atoms with Crippen LogP contribution in [-0.2, 0) is 17.8 Å². The highest BCUT2D eigenvalue weighted by Crippen LogP contribution is 2.26. The highest BCUT2D eigenvalue weighted by atomic mass is 16.5. The highest BCUT2D eigenvalue weighted by Gasteiger charge is 2.17. The average molecular weight is 431 g/mol. The van der Waals surface area contributed by atoms with Crippen molar-refractivity contribution in [3.05, 3.63) is 89.3 Å². The van der Waals surface area contributed by atoms with Crippen LogP contribution in [0.5, 0.6) is 11.5 Å². The normalized spacial score (nSPS) is 13.9. The van der Waals surface area contributed by atoms with E-state index < -0.39 is 12.1 Å². The number of aliphatic carboxylic acids is 1. The molecule has 4 rings (SSSR count). The van der Waals surface area contributed by atoms with E-state index in [1.54, 1.807) is 12.1 Å². The van der Waals surface area contributed by atoms with Crippen LogP contribution in [0.15, 0.2) is 66.9 Å². The summed E-state index contributed by atoms with van der Waals surface area (Å²) < 4.78 is 13.0. The predicted octanol–water partition coefficient (Wildman–Crippen LogP) is 4.61. The Labute approximate surface area is 186 Å². The van der Waals surface area contributed by atoms with E-state index in [2.05, 4.69) is 0 Å². The maximum absolute atomic E-state index is 13.1. The van der Waals surface area contributed by atoms with E-state index in [0.717, 1.165) is 36.3 Å². The summed E-state index contributed by atoms with van der Waals surface area (Å²) in [5.41, 5.74) is 3.25. The van der Waals surface area contributed by atoms with Gasteiger partial charge in [0.2, 0.25) is 5.78 Å². The average Bonchev–Trinajstić information content (AvgIpc) is 3.27. The fourth-order valence-corrected chi connectivity index (χ4v) is 3.68. The maximum atomic E-state index is 13.1. The fourth-order valence-electron chi connectivity index (χ4n) is 3.68. The third-order valence-electron chi connectivity index (χ3n) is 5.36. The first kappa shape index (κ1) is 21.4. The lowest BCUT2D eigenvalue weighted by molar-refractivity contribution is -0.144. The van der Waals surface area contributed by atoms with Gasteiger partial charge < -0.3 is 19.1 Å². The number of nitrogens with zero attached hydrogens (tertiary/aromatic N) is 1. The van der Waals surface area contributed by atoms with E-state index in [0.29, 0.717) is 23.6 Å². The number of fused-ring (bicyclic) bond motifs is 1. The Kier molecular flexibility index (Phi) is 6.40. The van der Waals surface area contributed by atoms with E-state index in [9.17, 15) is 9.59 Å². The zero-order valence-corrected chi connectivity index (χ0v) is 17.9. The number of carboxylic acid groups (broad SMARTS) is 1. The van der Waals surface area contributed by atoms with Crippen LogP contribution in [0.1, 0.15) is 40.5 Å². The lowest BCUT2D eigenvalue weighted by atomic mass is 10.00. The molecule has 0 saturated heterocycles. The van der Waals surface area contributed by atoms with Crippen LogP contribution >= 0.6 is 0 Å². The van der Waals surface area contributed by atoms with Crippen molar-refractivity contribution in [1.29, 1.82) is 0 Å². The van der Waals surface area contributed by atoms with E-state index >= 15 is 0 Å². The first-order valence-electron chi connectivity index (χ1n) is 10.6. The summed E-state index contributed by atoms with van der Waals surface area (Å²) >= 11 is 0. The number of ether oxygens (including phenoxy) is 2. The molecule has 1 aromatic heterocycles. The molecule has 0 aliphatic carbocycles. The van der Waals surface area contributed by atoms with Crippen LogP contribution < -0.4 is 9.47 Å². The number of hydrogen-bond acceptors (Lipinski definition) is 4. The van der Waals surface area contributed by atoms with Crippen LogP contribution in [0.3, 0.4) is 0 Å². The van der Waals surface area contributed by atoms with Gasteiger partial charge in [-0.3, -0.25) is 4.79 Å². The number of aryl methyl sites for hydroxylation is 1. The van der Waals surface area contributed by atoms with Crippen molar-refractivity contribution in [2.24, 2.45) is 0 Å².